The molecule has 216 valence electrons. The summed E-state index contributed by atoms with van der Waals surface area (Å²) in [5.74, 6) is 1.45. The van der Waals surface area contributed by atoms with Crippen molar-refractivity contribution in [2.45, 2.75) is 88.6 Å². The molecule has 0 spiro atoms. The lowest BCUT2D eigenvalue weighted by Gasteiger charge is -2.39. The maximum absolute atomic E-state index is 13.6. The number of nitrogens with zero attached hydrogens (tertiary/aromatic N) is 4. The Balaban J connectivity index is 1.66. The van der Waals surface area contributed by atoms with Crippen LogP contribution in [0.5, 0.6) is 0 Å². The number of benzene rings is 1. The van der Waals surface area contributed by atoms with Crippen LogP contribution >= 0.6 is 0 Å². The van der Waals surface area contributed by atoms with Crippen LogP contribution in [0.15, 0.2) is 53.7 Å². The van der Waals surface area contributed by atoms with Crippen LogP contribution in [0.4, 0.5) is 0 Å². The van der Waals surface area contributed by atoms with Gasteiger partial charge in [-0.3, -0.25) is 0 Å². The minimum absolute atomic E-state index is 0.0636. The van der Waals surface area contributed by atoms with Gasteiger partial charge in [0.1, 0.15) is 17.4 Å². The number of aromatic nitrogens is 4. The van der Waals surface area contributed by atoms with Crippen molar-refractivity contribution in [1.82, 2.24) is 18.5 Å². The third-order valence-electron chi connectivity index (χ3n) is 8.88. The van der Waals surface area contributed by atoms with Gasteiger partial charge in [-0.2, -0.15) is 0 Å². The van der Waals surface area contributed by atoms with E-state index in [1.165, 1.54) is 3.97 Å². The smallest absolute Gasteiger partial charge is 0.269 e. The molecule has 0 amide bonds. The van der Waals surface area contributed by atoms with Crippen molar-refractivity contribution in [2.24, 2.45) is 5.92 Å². The van der Waals surface area contributed by atoms with Crippen molar-refractivity contribution in [1.29, 1.82) is 0 Å². The average molecular weight is 583 g/mol. The highest BCUT2D eigenvalue weighted by atomic mass is 32.2. The molecule has 3 aromatic heterocycles. The highest BCUT2D eigenvalue weighted by Gasteiger charge is 2.40. The fourth-order valence-electron chi connectivity index (χ4n) is 5.70. The van der Waals surface area contributed by atoms with Crippen LogP contribution < -0.4 is 0 Å². The minimum Gasteiger partial charge on any atom is -0.407 e. The fourth-order valence-corrected chi connectivity index (χ4v) is 8.36. The summed E-state index contributed by atoms with van der Waals surface area (Å²) >= 11 is 0. The summed E-state index contributed by atoms with van der Waals surface area (Å²) in [7, 11) is -4.11. The van der Waals surface area contributed by atoms with Gasteiger partial charge in [-0.25, -0.2) is 22.4 Å². The molecule has 10 heteroatoms. The summed E-state index contributed by atoms with van der Waals surface area (Å²) in [4.78, 5) is 9.97. The van der Waals surface area contributed by atoms with Gasteiger partial charge in [-0.1, -0.05) is 39.0 Å². The zero-order valence-corrected chi connectivity index (χ0v) is 26.5. The van der Waals surface area contributed by atoms with E-state index in [1.807, 2.05) is 12.1 Å². The van der Waals surface area contributed by atoms with E-state index in [4.69, 9.17) is 14.1 Å². The van der Waals surface area contributed by atoms with E-state index in [2.05, 4.69) is 50.3 Å². The first-order valence-corrected chi connectivity index (χ1v) is 18.5. The van der Waals surface area contributed by atoms with E-state index < -0.39 is 18.3 Å². The fraction of sp³-hybridized carbons (Fsp3) is 0.533. The van der Waals surface area contributed by atoms with Crippen molar-refractivity contribution >= 4 is 40.4 Å². The summed E-state index contributed by atoms with van der Waals surface area (Å²) in [5.41, 5.74) is 2.11. The summed E-state index contributed by atoms with van der Waals surface area (Å²) in [5, 5.41) is 0.850. The van der Waals surface area contributed by atoms with Gasteiger partial charge in [0.25, 0.3) is 10.0 Å². The Kier molecular flexibility index (Phi) is 7.75. The van der Waals surface area contributed by atoms with Gasteiger partial charge in [0.2, 0.25) is 0 Å². The monoisotopic (exact) mass is 582 g/mol. The molecule has 5 rings (SSSR count). The van der Waals surface area contributed by atoms with E-state index >= 15 is 0 Å². The number of ether oxygens (including phenoxy) is 1. The maximum atomic E-state index is 13.6. The minimum atomic E-state index is -3.80. The Labute approximate surface area is 238 Å². The quantitative estimate of drug-likeness (QED) is 0.206. The number of hydrogen-bond acceptors (Lipinski definition) is 6. The lowest BCUT2D eigenvalue weighted by Crippen LogP contribution is -2.41. The van der Waals surface area contributed by atoms with Gasteiger partial charge in [-0.15, -0.1) is 0 Å². The Hall–Kier alpha value is -2.53. The Bertz CT molecular complexity index is 1600. The van der Waals surface area contributed by atoms with E-state index in [9.17, 15) is 8.42 Å². The van der Waals surface area contributed by atoms with Gasteiger partial charge in [-0.05, 0) is 74.9 Å². The van der Waals surface area contributed by atoms with E-state index in [0.29, 0.717) is 11.6 Å². The molecule has 8 nitrogen and oxygen atoms in total. The van der Waals surface area contributed by atoms with Crippen LogP contribution in [0.2, 0.25) is 18.1 Å². The third kappa shape index (κ3) is 5.15. The van der Waals surface area contributed by atoms with Gasteiger partial charge in [0.05, 0.1) is 16.6 Å². The molecular weight excluding hydrogens is 541 g/mol. The molecule has 1 atom stereocenters. The second-order valence-electron chi connectivity index (χ2n) is 12.6. The third-order valence-corrected chi connectivity index (χ3v) is 15.1. The Morgan fingerprint density at radius 1 is 1.07 bits per heavy atom. The largest absolute Gasteiger partial charge is 0.407 e. The van der Waals surface area contributed by atoms with Crippen LogP contribution in [0.25, 0.3) is 22.1 Å². The second kappa shape index (κ2) is 10.7. The summed E-state index contributed by atoms with van der Waals surface area (Å²) < 4.78 is 43.1. The van der Waals surface area contributed by atoms with E-state index in [1.54, 1.807) is 43.8 Å². The summed E-state index contributed by atoms with van der Waals surface area (Å²) in [6.45, 7) is 14.1. The predicted molar refractivity (Wildman–Crippen MR) is 162 cm³/mol. The average Bonchev–Trinajstić information content (AvgIpc) is 3.51. The highest BCUT2D eigenvalue weighted by Crippen LogP contribution is 2.43. The SMILES string of the molecule is COCC1CCC(n2c([C@@H](C)O[Si](C)(C)C(C)(C)C)nc3cnc4c(ccn4S(=O)(=O)c4ccccc4)c32)CC1. The zero-order valence-electron chi connectivity index (χ0n) is 24.7. The van der Waals surface area contributed by atoms with Crippen molar-refractivity contribution in [3.63, 3.8) is 0 Å². The maximum Gasteiger partial charge on any atom is 0.269 e. The van der Waals surface area contributed by atoms with E-state index in [0.717, 1.165) is 54.5 Å². The predicted octanol–water partition coefficient (Wildman–Crippen LogP) is 7.08. The lowest BCUT2D eigenvalue weighted by molar-refractivity contribution is 0.118. The van der Waals surface area contributed by atoms with Crippen LogP contribution in [0.1, 0.15) is 71.3 Å². The van der Waals surface area contributed by atoms with Crippen molar-refractivity contribution in [3.8, 4) is 0 Å². The molecule has 1 aliphatic rings. The van der Waals surface area contributed by atoms with Gasteiger partial charge in [0.15, 0.2) is 14.0 Å². The Morgan fingerprint density at radius 2 is 1.75 bits per heavy atom. The van der Waals surface area contributed by atoms with Crippen LogP contribution in [-0.2, 0) is 19.2 Å². The molecule has 0 bridgehead atoms. The van der Waals surface area contributed by atoms with Gasteiger partial charge in [0, 0.05) is 31.3 Å². The molecule has 0 saturated heterocycles. The van der Waals surface area contributed by atoms with Crippen molar-refractivity contribution in [2.75, 3.05) is 13.7 Å². The van der Waals surface area contributed by atoms with Crippen LogP contribution in [0.3, 0.4) is 0 Å². The number of rotatable bonds is 8. The number of fused-ring (bicyclic) bond motifs is 3. The molecule has 0 unspecified atom stereocenters. The van der Waals surface area contributed by atoms with Crippen LogP contribution in [-0.4, -0.2) is 49.0 Å². The molecule has 4 aromatic rings. The van der Waals surface area contributed by atoms with Crippen molar-refractivity contribution < 1.29 is 17.6 Å². The second-order valence-corrected chi connectivity index (χ2v) is 19.2. The lowest BCUT2D eigenvalue weighted by atomic mass is 9.86. The topological polar surface area (TPSA) is 88.2 Å². The standard InChI is InChI=1S/C30H42N4O4SSi/c1-21(38-40(6,7)30(2,3)4)28-32-26-19-31-29-25(17-18-33(29)39(35,36)24-11-9-8-10-12-24)27(26)34(28)23-15-13-22(14-16-23)20-37-5/h8-12,17-19,21-23H,13-16,20H2,1-7H3/t21-,22?,23?/m1/s1. The first kappa shape index (κ1) is 29.0. The van der Waals surface area contributed by atoms with Gasteiger partial charge >= 0.3 is 0 Å². The molecule has 1 aromatic carbocycles. The number of methoxy groups -OCH3 is 1. The number of pyridine rings is 1. The molecule has 1 saturated carbocycles. The molecule has 0 N–H and O–H groups in total. The molecule has 0 radical (unpaired) electrons. The molecule has 0 aliphatic heterocycles. The summed E-state index contributed by atoms with van der Waals surface area (Å²) in [6.07, 6.45) is 7.28. The summed E-state index contributed by atoms with van der Waals surface area (Å²) in [6, 6.07) is 10.6. The van der Waals surface area contributed by atoms with E-state index in [-0.39, 0.29) is 22.1 Å². The Morgan fingerprint density at radius 3 is 2.38 bits per heavy atom. The first-order valence-electron chi connectivity index (χ1n) is 14.2. The normalized spacial score (nSPS) is 19.9. The molecule has 1 aliphatic carbocycles. The van der Waals surface area contributed by atoms with Crippen molar-refractivity contribution in [3.05, 3.63) is 54.6 Å². The molecular formula is C30H42N4O4SSi. The highest BCUT2D eigenvalue weighted by molar-refractivity contribution is 7.90. The number of imidazole rings is 1. The van der Waals surface area contributed by atoms with Gasteiger partial charge < -0.3 is 13.7 Å². The molecule has 40 heavy (non-hydrogen) atoms. The molecule has 3 heterocycles. The van der Waals surface area contributed by atoms with Crippen LogP contribution in [0, 0.1) is 5.92 Å². The first-order chi connectivity index (χ1) is 18.8. The molecule has 1 fully saturated rings. The zero-order chi connectivity index (χ0) is 28.9. The number of hydrogen-bond donors (Lipinski definition) is 0.